The molecule has 0 bridgehead atoms. The number of esters is 1. The van der Waals surface area contributed by atoms with Gasteiger partial charge < -0.3 is 51.8 Å². The van der Waals surface area contributed by atoms with Gasteiger partial charge in [0.2, 0.25) is 0 Å². The first-order chi connectivity index (χ1) is 19.7. The van der Waals surface area contributed by atoms with Crippen LogP contribution in [0.25, 0.3) is 0 Å². The van der Waals surface area contributed by atoms with Gasteiger partial charge in [-0.1, -0.05) is 18.2 Å². The monoisotopic (exact) mass is 684 g/mol. The van der Waals surface area contributed by atoms with Crippen LogP contribution < -0.4 is 61.9 Å². The molecule has 0 aliphatic rings. The fraction of sp³-hybridized carbons (Fsp3) is 0.500. The SMILES string of the molecule is CC(C)(C)OC(=O)N[C@@H](CNC(N)=S)C(=O)O.COC(=O)[C@H](CNC(=S)NC(=O)c1ccccc1)NC(=O)OC(C)(C)C.[Na+].[OH-]. The van der Waals surface area contributed by atoms with Crippen LogP contribution in [0.1, 0.15) is 51.9 Å². The number of carboxylic acid groups (broad SMARTS) is 1. The van der Waals surface area contributed by atoms with Crippen LogP contribution in [-0.4, -0.2) is 94.3 Å². The Morgan fingerprint density at radius 3 is 1.69 bits per heavy atom. The fourth-order valence-electron chi connectivity index (χ4n) is 2.64. The number of aliphatic carboxylic acids is 1. The van der Waals surface area contributed by atoms with Gasteiger partial charge in [0.25, 0.3) is 5.91 Å². The molecule has 1 aromatic carbocycles. The Kier molecular flexibility index (Phi) is 22.8. The summed E-state index contributed by atoms with van der Waals surface area (Å²) in [5.41, 5.74) is 4.19. The molecule has 0 radical (unpaired) electrons. The normalized spacial score (nSPS) is 11.4. The molecule has 0 aromatic heterocycles. The molecule has 0 aliphatic carbocycles. The molecule has 19 heteroatoms. The summed E-state index contributed by atoms with van der Waals surface area (Å²) in [6.45, 7) is 9.94. The predicted molar refractivity (Wildman–Crippen MR) is 167 cm³/mol. The van der Waals surface area contributed by atoms with E-state index >= 15 is 0 Å². The molecular weight excluding hydrogens is 643 g/mol. The third-order valence-corrected chi connectivity index (χ3v) is 4.77. The van der Waals surface area contributed by atoms with E-state index < -0.39 is 53.3 Å². The third-order valence-electron chi connectivity index (χ3n) is 4.38. The molecule has 1 aromatic rings. The Morgan fingerprint density at radius 2 is 1.29 bits per heavy atom. The van der Waals surface area contributed by atoms with Gasteiger partial charge in [0.15, 0.2) is 10.2 Å². The smallest absolute Gasteiger partial charge is 0.870 e. The van der Waals surface area contributed by atoms with Gasteiger partial charge in [0, 0.05) is 18.7 Å². The van der Waals surface area contributed by atoms with Gasteiger partial charge in [0.1, 0.15) is 23.3 Å². The van der Waals surface area contributed by atoms with Gasteiger partial charge in [-0.15, -0.1) is 0 Å². The van der Waals surface area contributed by atoms with E-state index in [0.29, 0.717) is 5.56 Å². The van der Waals surface area contributed by atoms with Crippen LogP contribution in [0.4, 0.5) is 9.59 Å². The Bertz CT molecular complexity index is 1150. The number of alkyl carbamates (subject to hydrolysis) is 2. The number of hydrogen-bond donors (Lipinski definition) is 7. The minimum absolute atomic E-state index is 0. The molecule has 0 fully saturated rings. The fourth-order valence-corrected chi connectivity index (χ4v) is 2.90. The minimum Gasteiger partial charge on any atom is -0.870 e. The second-order valence-corrected chi connectivity index (χ2v) is 11.4. The summed E-state index contributed by atoms with van der Waals surface area (Å²) in [7, 11) is 1.20. The number of carbonyl (C=O) groups is 5. The average Bonchev–Trinajstić information content (AvgIpc) is 2.87. The van der Waals surface area contributed by atoms with Crippen molar-refractivity contribution in [3.05, 3.63) is 35.9 Å². The number of benzene rings is 1. The van der Waals surface area contributed by atoms with Crippen molar-refractivity contribution in [2.45, 2.75) is 64.8 Å². The largest absolute Gasteiger partial charge is 1.00 e. The molecule has 248 valence electrons. The van der Waals surface area contributed by atoms with Gasteiger partial charge >= 0.3 is 53.7 Å². The molecule has 16 nitrogen and oxygen atoms in total. The zero-order chi connectivity index (χ0) is 33.4. The molecule has 45 heavy (non-hydrogen) atoms. The van der Waals surface area contributed by atoms with Crippen LogP contribution in [0.2, 0.25) is 0 Å². The Hall–Kier alpha value is -3.29. The van der Waals surface area contributed by atoms with E-state index in [1.54, 1.807) is 71.9 Å². The van der Waals surface area contributed by atoms with Gasteiger partial charge in [-0.3, -0.25) is 10.1 Å². The van der Waals surface area contributed by atoms with Crippen LogP contribution in [0, 0.1) is 0 Å². The average molecular weight is 685 g/mol. The maximum atomic E-state index is 12.0. The second-order valence-electron chi connectivity index (χ2n) is 10.5. The number of amides is 3. The first-order valence-electron chi connectivity index (χ1n) is 12.7. The number of carbonyl (C=O) groups excluding carboxylic acids is 4. The van der Waals surface area contributed by atoms with Crippen molar-refractivity contribution in [1.29, 1.82) is 0 Å². The van der Waals surface area contributed by atoms with Crippen molar-refractivity contribution in [3.63, 3.8) is 0 Å². The predicted octanol–water partition coefficient (Wildman–Crippen LogP) is -2.02. The second kappa shape index (κ2) is 22.3. The number of methoxy groups -OCH3 is 1. The van der Waals surface area contributed by atoms with Gasteiger partial charge in [0.05, 0.1) is 7.11 Å². The summed E-state index contributed by atoms with van der Waals surface area (Å²) in [5, 5.41) is 21.0. The van der Waals surface area contributed by atoms with Crippen molar-refractivity contribution in [3.8, 4) is 0 Å². The summed E-state index contributed by atoms with van der Waals surface area (Å²) in [4.78, 5) is 57.8. The van der Waals surface area contributed by atoms with Crippen LogP contribution >= 0.6 is 24.4 Å². The maximum Gasteiger partial charge on any atom is 1.00 e. The summed E-state index contributed by atoms with van der Waals surface area (Å²) in [5.74, 6) is -2.28. The van der Waals surface area contributed by atoms with E-state index in [4.69, 9.17) is 32.5 Å². The Morgan fingerprint density at radius 1 is 0.844 bits per heavy atom. The summed E-state index contributed by atoms with van der Waals surface area (Å²) in [6, 6.07) is 6.31. The molecule has 0 saturated carbocycles. The summed E-state index contributed by atoms with van der Waals surface area (Å²) < 4.78 is 14.7. The van der Waals surface area contributed by atoms with Crippen molar-refractivity contribution in [1.82, 2.24) is 26.6 Å². The molecule has 0 saturated heterocycles. The maximum absolute atomic E-state index is 12.0. The molecule has 0 aliphatic heterocycles. The van der Waals surface area contributed by atoms with E-state index in [-0.39, 0.29) is 58.3 Å². The number of rotatable bonds is 9. The van der Waals surface area contributed by atoms with Crippen molar-refractivity contribution < 1.29 is 78.3 Å². The Labute approximate surface area is 294 Å². The van der Waals surface area contributed by atoms with Crippen LogP contribution in [0.3, 0.4) is 0 Å². The van der Waals surface area contributed by atoms with E-state index in [1.807, 2.05) is 0 Å². The van der Waals surface area contributed by atoms with Gasteiger partial charge in [-0.05, 0) is 78.1 Å². The van der Waals surface area contributed by atoms with Crippen molar-refractivity contribution >= 4 is 64.7 Å². The molecule has 2 atom stereocenters. The summed E-state index contributed by atoms with van der Waals surface area (Å²) >= 11 is 9.57. The molecular formula is C26H41N6NaO10S2. The first-order valence-corrected chi connectivity index (χ1v) is 13.5. The quantitative estimate of drug-likeness (QED) is 0.0642. The molecule has 3 amide bonds. The van der Waals surface area contributed by atoms with Crippen LogP contribution in [-0.2, 0) is 23.8 Å². The van der Waals surface area contributed by atoms with Gasteiger partial charge in [-0.25, -0.2) is 19.2 Å². The van der Waals surface area contributed by atoms with E-state index in [0.717, 1.165) is 0 Å². The molecule has 0 unspecified atom stereocenters. The topological polar surface area (TPSA) is 249 Å². The van der Waals surface area contributed by atoms with Gasteiger partial charge in [-0.2, -0.15) is 0 Å². The number of ether oxygens (including phenoxy) is 3. The van der Waals surface area contributed by atoms with Crippen LogP contribution in [0.5, 0.6) is 0 Å². The van der Waals surface area contributed by atoms with Crippen molar-refractivity contribution in [2.24, 2.45) is 5.73 Å². The van der Waals surface area contributed by atoms with Crippen molar-refractivity contribution in [2.75, 3.05) is 20.2 Å². The van der Waals surface area contributed by atoms with E-state index in [9.17, 15) is 24.0 Å². The molecule has 0 spiro atoms. The molecule has 0 heterocycles. The van der Waals surface area contributed by atoms with E-state index in [2.05, 4.69) is 43.5 Å². The Balaban J connectivity index is -0.000000815. The zero-order valence-electron chi connectivity index (χ0n) is 26.5. The standard InChI is InChI=1S/C17H23N3O5S.C9H17N3O4S.Na.H2O/c1-17(2,3)25-16(23)19-12(14(22)24-4)10-18-15(26)20-13(21)11-8-6-5-7-9-11;1-9(2,3)16-8(15)12-5(6(13)14)4-11-7(10)17;;/h5-9,12H,10H2,1-4H3,(H,19,23)(H2,18,20,21,26);5H,4H2,1-3H3,(H,12,15)(H,13,14)(H3,10,11,17);;1H2/q;;+1;/p-1/t12-;5-;;/m00../s1. The number of nitrogens with one attached hydrogen (secondary N) is 5. The number of nitrogens with two attached hydrogens (primary N) is 1. The number of carboxylic acids is 1. The number of thiocarbonyl (C=S) groups is 2. The zero-order valence-corrected chi connectivity index (χ0v) is 30.1. The third kappa shape index (κ3) is 23.7. The summed E-state index contributed by atoms with van der Waals surface area (Å²) in [6.07, 6.45) is -1.58. The molecule has 9 N–H and O–H groups in total. The van der Waals surface area contributed by atoms with Crippen LogP contribution in [0.15, 0.2) is 30.3 Å². The number of hydrogen-bond acceptors (Lipinski definition) is 11. The molecule has 1 rings (SSSR count). The van der Waals surface area contributed by atoms with E-state index in [1.165, 1.54) is 7.11 Å². The first kappa shape index (κ1) is 46.1. The minimum atomic E-state index is -1.21.